The van der Waals surface area contributed by atoms with Crippen LogP contribution in [0, 0.1) is 0 Å². The lowest BCUT2D eigenvalue weighted by molar-refractivity contribution is -0.462. The van der Waals surface area contributed by atoms with Crippen LogP contribution >= 0.6 is 9.24 Å². The molecular weight excluding hydrogens is 1370 g/mol. The Hall–Kier alpha value is -3.14. The van der Waals surface area contributed by atoms with Gasteiger partial charge in [0, 0.05) is 19.3 Å². The van der Waals surface area contributed by atoms with E-state index in [2.05, 4.69) is 0 Å². The SMILES string of the molecule is FC(F)(F)C(F)(F)C(F)(F)C(F)(F)C(F)(F)C(F)(F)C(F)(F)C(F)(F)CCC(P)(CCC(F)(F)C(F)(F)C(F)(F)C(F)(F)C(F)(F)C(F)(F)C(F)(F)C(F)(F)F)CCC(F)(F)C(F)(F)C(F)(F)C(F)(F)C(F)(F)C(F)(F)C(F)(F)C(F)(F)F. The van der Waals surface area contributed by atoms with Crippen LogP contribution in [0.3, 0.4) is 0 Å². The molecule has 0 aliphatic carbocycles. The van der Waals surface area contributed by atoms with E-state index in [4.69, 9.17) is 0 Å². The molecule has 0 radical (unpaired) electrons. The molecule has 0 nitrogen and oxygen atoms in total. The zero-order chi connectivity index (χ0) is 68.7. The number of halogens is 51. The zero-order valence-corrected chi connectivity index (χ0v) is 37.8. The predicted molar refractivity (Wildman–Crippen MR) is 162 cm³/mol. The van der Waals surface area contributed by atoms with Gasteiger partial charge in [0.15, 0.2) is 0 Å². The molecule has 1 unspecified atom stereocenters. The minimum absolute atomic E-state index is 0.251. The Labute approximate surface area is 420 Å². The minimum Gasteiger partial charge on any atom is -0.200 e. The first kappa shape index (κ1) is 79.9. The molecule has 0 amide bonds. The molecule has 1 atom stereocenters. The normalized spacial score (nSPS) is 17.2. The van der Waals surface area contributed by atoms with Crippen LogP contribution < -0.4 is 0 Å². The van der Waals surface area contributed by atoms with Crippen LogP contribution in [0.25, 0.3) is 0 Å². The summed E-state index contributed by atoms with van der Waals surface area (Å²) in [5.41, 5.74) is 0. The molecule has 0 bridgehead atoms. The van der Waals surface area contributed by atoms with Gasteiger partial charge in [-0.3, -0.25) is 0 Å². The largest absolute Gasteiger partial charge is 0.460 e. The van der Waals surface area contributed by atoms with Crippen molar-refractivity contribution in [3.63, 3.8) is 0 Å². The fourth-order valence-electron chi connectivity index (χ4n) is 5.65. The molecule has 52 heteroatoms. The van der Waals surface area contributed by atoms with Gasteiger partial charge in [-0.25, -0.2) is 0 Å². The highest BCUT2D eigenvalue weighted by molar-refractivity contribution is 7.19. The van der Waals surface area contributed by atoms with Gasteiger partial charge in [0.05, 0.1) is 0 Å². The van der Waals surface area contributed by atoms with Crippen molar-refractivity contribution >= 4 is 9.24 Å². The molecule has 0 aromatic heterocycles. The molecule has 0 rings (SSSR count). The lowest BCUT2D eigenvalue weighted by atomic mass is 9.81. The van der Waals surface area contributed by atoms with Crippen LogP contribution in [0.2, 0.25) is 0 Å². The van der Waals surface area contributed by atoms with Gasteiger partial charge in [0.2, 0.25) is 0 Å². The van der Waals surface area contributed by atoms with E-state index in [9.17, 15) is 224 Å². The third-order valence-electron chi connectivity index (χ3n) is 11.2. The Bertz CT molecular complexity index is 2000. The van der Waals surface area contributed by atoms with Gasteiger partial charge in [-0.05, 0) is 24.4 Å². The predicted octanol–water partition coefficient (Wildman–Crippen LogP) is 19.0. The number of hydrogen-bond acceptors (Lipinski definition) is 0. The van der Waals surface area contributed by atoms with Crippen LogP contribution in [-0.2, 0) is 0 Å². The van der Waals surface area contributed by atoms with E-state index in [0.717, 1.165) is 0 Å². The zero-order valence-electron chi connectivity index (χ0n) is 36.6. The van der Waals surface area contributed by atoms with Crippen molar-refractivity contribution in [1.29, 1.82) is 0 Å². The van der Waals surface area contributed by atoms with E-state index in [1.165, 1.54) is 0 Å². The molecular formula is C31H14F51P. The highest BCUT2D eigenvalue weighted by atomic mass is 31.0. The van der Waals surface area contributed by atoms with Crippen molar-refractivity contribution in [3.05, 3.63) is 0 Å². The number of hydrogen-bond donors (Lipinski definition) is 0. The van der Waals surface area contributed by atoms with Crippen molar-refractivity contribution in [2.45, 2.75) is 187 Å². The average molecular weight is 1390 g/mol. The van der Waals surface area contributed by atoms with Gasteiger partial charge < -0.3 is 0 Å². The third kappa shape index (κ3) is 10.9. The first-order chi connectivity index (χ1) is 34.9. The molecule has 0 aromatic rings. The van der Waals surface area contributed by atoms with Gasteiger partial charge in [-0.1, -0.05) is 0 Å². The molecule has 0 heterocycles. The molecule has 0 aliphatic heterocycles. The van der Waals surface area contributed by atoms with Crippen molar-refractivity contribution in [1.82, 2.24) is 0 Å². The van der Waals surface area contributed by atoms with Gasteiger partial charge >= 0.3 is 143 Å². The fourth-order valence-corrected chi connectivity index (χ4v) is 6.09. The second-order valence-electron chi connectivity index (χ2n) is 16.8. The van der Waals surface area contributed by atoms with Crippen molar-refractivity contribution in [3.8, 4) is 0 Å². The van der Waals surface area contributed by atoms with Crippen LogP contribution in [0.15, 0.2) is 0 Å². The molecule has 83 heavy (non-hydrogen) atoms. The summed E-state index contributed by atoms with van der Waals surface area (Å²) in [7, 11) is -0.251. The first-order valence-corrected chi connectivity index (χ1v) is 19.4. The summed E-state index contributed by atoms with van der Waals surface area (Å²) < 4.78 is 700. The van der Waals surface area contributed by atoms with Crippen LogP contribution in [-0.4, -0.2) is 148 Å². The average Bonchev–Trinajstić information content (AvgIpc) is 3.24. The molecule has 0 saturated carbocycles. The van der Waals surface area contributed by atoms with E-state index < -0.39 is 187 Å². The molecule has 0 aliphatic rings. The maximum Gasteiger partial charge on any atom is 0.460 e. The van der Waals surface area contributed by atoms with Crippen LogP contribution in [0.5, 0.6) is 0 Å². The Balaban J connectivity index is 8.34. The highest BCUT2D eigenvalue weighted by Crippen LogP contribution is 2.69. The summed E-state index contributed by atoms with van der Waals surface area (Å²) in [6.07, 6.45) is -50.6. The summed E-state index contributed by atoms with van der Waals surface area (Å²) in [6, 6.07) is 0. The van der Waals surface area contributed by atoms with Crippen LogP contribution in [0.1, 0.15) is 38.5 Å². The molecule has 0 N–H and O–H groups in total. The Kier molecular flexibility index (Phi) is 19.7. The van der Waals surface area contributed by atoms with Crippen LogP contribution in [0.4, 0.5) is 224 Å². The van der Waals surface area contributed by atoms with Gasteiger partial charge in [-0.2, -0.15) is 224 Å². The third-order valence-corrected chi connectivity index (χ3v) is 12.0. The van der Waals surface area contributed by atoms with E-state index >= 15 is 0 Å². The highest BCUT2D eigenvalue weighted by Gasteiger charge is 2.98. The number of rotatable bonds is 27. The fraction of sp³-hybridized carbons (Fsp3) is 1.00. The summed E-state index contributed by atoms with van der Waals surface area (Å²) in [6.45, 7) is 0. The molecule has 0 fully saturated rings. The Morgan fingerprint density at radius 1 is 0.133 bits per heavy atom. The van der Waals surface area contributed by atoms with Crippen molar-refractivity contribution in [2.24, 2.45) is 0 Å². The summed E-state index contributed by atoms with van der Waals surface area (Å²) >= 11 is 0. The quantitative estimate of drug-likeness (QED) is 0.0568. The Morgan fingerprint density at radius 3 is 0.337 bits per heavy atom. The summed E-state index contributed by atoms with van der Waals surface area (Å²) in [5, 5.41) is -5.16. The van der Waals surface area contributed by atoms with E-state index in [1.807, 2.05) is 0 Å². The van der Waals surface area contributed by atoms with E-state index in [1.54, 1.807) is 0 Å². The monoisotopic (exact) mass is 1390 g/mol. The maximum absolute atomic E-state index is 14.8. The number of alkyl halides is 51. The lowest BCUT2D eigenvalue weighted by Gasteiger charge is -2.44. The molecule has 0 spiro atoms. The topological polar surface area (TPSA) is 0 Å². The molecule has 0 aromatic carbocycles. The summed E-state index contributed by atoms with van der Waals surface area (Å²) in [5.74, 6) is -193. The van der Waals surface area contributed by atoms with E-state index in [0.29, 0.717) is 0 Å². The smallest absolute Gasteiger partial charge is 0.200 e. The summed E-state index contributed by atoms with van der Waals surface area (Å²) in [4.78, 5) is 0. The van der Waals surface area contributed by atoms with Crippen molar-refractivity contribution < 1.29 is 224 Å². The lowest BCUT2D eigenvalue weighted by Crippen LogP contribution is -2.74. The maximum atomic E-state index is 14.8. The molecule has 500 valence electrons. The minimum atomic E-state index is -9.65. The second-order valence-corrected chi connectivity index (χ2v) is 18.0. The standard InChI is InChI=1S/C31H14F51P/c32-8(33,11(38,39)14(44,45)17(50,51)20(56,57)23(62,63)26(68,69)29(74,75)76)4-1-7(83,2-5-9(34,35)12(40,41)15(46,47)18(52,53)21(58,59)24(64,65)27(70,71)30(77,78)79)3-6-10(36,37)13(42,43)16(48,49)19(54,55)22(60,61)25(66,67)28(72,73)31(80,81)82/h1-6,83H2. The van der Waals surface area contributed by atoms with Gasteiger partial charge in [0.25, 0.3) is 0 Å². The Morgan fingerprint density at radius 2 is 0.229 bits per heavy atom. The first-order valence-electron chi connectivity index (χ1n) is 18.8. The second kappa shape index (κ2) is 20.5. The molecule has 0 saturated heterocycles. The van der Waals surface area contributed by atoms with E-state index in [-0.39, 0.29) is 9.24 Å². The van der Waals surface area contributed by atoms with Crippen molar-refractivity contribution in [2.75, 3.05) is 0 Å². The van der Waals surface area contributed by atoms with Gasteiger partial charge in [-0.15, -0.1) is 9.24 Å². The van der Waals surface area contributed by atoms with Gasteiger partial charge in [0.1, 0.15) is 0 Å².